The molecule has 6 heteroatoms. The molecular formula is C27H48O6. The molecule has 0 fully saturated rings. The summed E-state index contributed by atoms with van der Waals surface area (Å²) in [7, 11) is 0. The first-order valence-electron chi connectivity index (χ1n) is 11.9. The van der Waals surface area contributed by atoms with Crippen LogP contribution in [0.25, 0.3) is 0 Å². The standard InChI is InChI=1S/C27H48O6/c1-13-24(5,6)30-18-16-27(11,12)33-23(29)21(4)14-15-25(7,8)31-19-17-26(9,10)32-22(28)20(2)3/h14H,2,13,15-19H2,1,3-12H3. The summed E-state index contributed by atoms with van der Waals surface area (Å²) in [5.74, 6) is -0.738. The number of carbonyl (C=O) groups is 2. The van der Waals surface area contributed by atoms with E-state index in [4.69, 9.17) is 18.9 Å². The Labute approximate surface area is 202 Å². The van der Waals surface area contributed by atoms with Crippen LogP contribution in [0.15, 0.2) is 23.8 Å². The number of hydrogen-bond acceptors (Lipinski definition) is 6. The molecule has 0 saturated heterocycles. The summed E-state index contributed by atoms with van der Waals surface area (Å²) >= 11 is 0. The molecule has 0 aromatic rings. The normalized spacial score (nSPS) is 13.6. The Hall–Kier alpha value is -1.66. The molecule has 33 heavy (non-hydrogen) atoms. The fourth-order valence-corrected chi connectivity index (χ4v) is 2.56. The number of rotatable bonds is 15. The third kappa shape index (κ3) is 14.3. The summed E-state index contributed by atoms with van der Waals surface area (Å²) in [6.07, 6.45) is 4.49. The van der Waals surface area contributed by atoms with Crippen LogP contribution in [-0.4, -0.2) is 47.6 Å². The maximum absolute atomic E-state index is 12.6. The number of carbonyl (C=O) groups excluding carboxylic acids is 2. The van der Waals surface area contributed by atoms with Crippen molar-refractivity contribution in [2.45, 2.75) is 124 Å². The molecule has 192 valence electrons. The van der Waals surface area contributed by atoms with Gasteiger partial charge in [-0.2, -0.15) is 0 Å². The van der Waals surface area contributed by atoms with Gasteiger partial charge >= 0.3 is 11.9 Å². The maximum atomic E-state index is 12.6. The Balaban J connectivity index is 4.65. The van der Waals surface area contributed by atoms with E-state index >= 15 is 0 Å². The van der Waals surface area contributed by atoms with Gasteiger partial charge in [-0.05, 0) is 82.1 Å². The molecule has 0 rings (SSSR count). The molecule has 0 heterocycles. The molecule has 6 nitrogen and oxygen atoms in total. The van der Waals surface area contributed by atoms with Gasteiger partial charge in [0, 0.05) is 24.0 Å². The summed E-state index contributed by atoms with van der Waals surface area (Å²) in [5.41, 5.74) is -1.01. The van der Waals surface area contributed by atoms with Gasteiger partial charge in [0.05, 0.1) is 24.4 Å². The van der Waals surface area contributed by atoms with Crippen LogP contribution in [-0.2, 0) is 28.5 Å². The fourth-order valence-electron chi connectivity index (χ4n) is 2.56. The smallest absolute Gasteiger partial charge is 0.333 e. The van der Waals surface area contributed by atoms with E-state index in [1.165, 1.54) is 0 Å². The van der Waals surface area contributed by atoms with E-state index in [2.05, 4.69) is 27.4 Å². The van der Waals surface area contributed by atoms with Gasteiger partial charge in [-0.3, -0.25) is 0 Å². The molecule has 0 bridgehead atoms. The third-order valence-electron chi connectivity index (χ3n) is 5.55. The van der Waals surface area contributed by atoms with Crippen molar-refractivity contribution in [1.82, 2.24) is 0 Å². The average Bonchev–Trinajstić information content (AvgIpc) is 2.64. The average molecular weight is 469 g/mol. The van der Waals surface area contributed by atoms with E-state index in [0.29, 0.717) is 43.6 Å². The highest BCUT2D eigenvalue weighted by Gasteiger charge is 2.27. The third-order valence-corrected chi connectivity index (χ3v) is 5.55. The van der Waals surface area contributed by atoms with Crippen molar-refractivity contribution >= 4 is 11.9 Å². The number of ether oxygens (including phenoxy) is 4. The molecule has 0 spiro atoms. The highest BCUT2D eigenvalue weighted by molar-refractivity contribution is 5.88. The molecule has 0 radical (unpaired) electrons. The molecule has 0 atom stereocenters. The lowest BCUT2D eigenvalue weighted by molar-refractivity contribution is -0.155. The van der Waals surface area contributed by atoms with Crippen molar-refractivity contribution in [3.05, 3.63) is 23.8 Å². The van der Waals surface area contributed by atoms with Crippen LogP contribution in [0.1, 0.15) is 102 Å². The van der Waals surface area contributed by atoms with Gasteiger partial charge < -0.3 is 18.9 Å². The summed E-state index contributed by atoms with van der Waals surface area (Å²) < 4.78 is 23.0. The summed E-state index contributed by atoms with van der Waals surface area (Å²) in [6.45, 7) is 25.6. The van der Waals surface area contributed by atoms with Crippen LogP contribution in [0.5, 0.6) is 0 Å². The van der Waals surface area contributed by atoms with Crippen LogP contribution in [0.4, 0.5) is 0 Å². The quantitative estimate of drug-likeness (QED) is 0.207. The molecule has 0 aromatic carbocycles. The monoisotopic (exact) mass is 468 g/mol. The Kier molecular flexibility index (Phi) is 12.1. The van der Waals surface area contributed by atoms with Crippen LogP contribution in [0.2, 0.25) is 0 Å². The zero-order valence-electron chi connectivity index (χ0n) is 23.0. The summed E-state index contributed by atoms with van der Waals surface area (Å²) in [5, 5.41) is 0. The van der Waals surface area contributed by atoms with Gasteiger partial charge in [0.2, 0.25) is 0 Å². The Morgan fingerprint density at radius 2 is 1.15 bits per heavy atom. The van der Waals surface area contributed by atoms with E-state index in [-0.39, 0.29) is 11.6 Å². The van der Waals surface area contributed by atoms with Crippen molar-refractivity contribution < 1.29 is 28.5 Å². The second-order valence-corrected chi connectivity index (χ2v) is 11.2. The Morgan fingerprint density at radius 3 is 1.58 bits per heavy atom. The SMILES string of the molecule is C=C(C)C(=O)OC(C)(C)CCOC(C)(C)CC=C(C)C(=O)OC(C)(C)CCOC(C)(C)CC. The van der Waals surface area contributed by atoms with E-state index in [1.807, 2.05) is 47.6 Å². The van der Waals surface area contributed by atoms with Gasteiger partial charge in [0.25, 0.3) is 0 Å². The topological polar surface area (TPSA) is 71.1 Å². The number of hydrogen-bond donors (Lipinski definition) is 0. The lowest BCUT2D eigenvalue weighted by Gasteiger charge is -2.30. The lowest BCUT2D eigenvalue weighted by atomic mass is 10.0. The Bertz CT molecular complexity index is 697. The maximum Gasteiger partial charge on any atom is 0.333 e. The van der Waals surface area contributed by atoms with Crippen molar-refractivity contribution in [3.63, 3.8) is 0 Å². The minimum absolute atomic E-state index is 0.178. The second-order valence-electron chi connectivity index (χ2n) is 11.2. The zero-order valence-corrected chi connectivity index (χ0v) is 23.0. The highest BCUT2D eigenvalue weighted by Crippen LogP contribution is 2.23. The lowest BCUT2D eigenvalue weighted by Crippen LogP contribution is -2.33. The van der Waals surface area contributed by atoms with Gasteiger partial charge in [0.15, 0.2) is 0 Å². The molecule has 0 saturated carbocycles. The van der Waals surface area contributed by atoms with E-state index < -0.39 is 22.8 Å². The van der Waals surface area contributed by atoms with Crippen molar-refractivity contribution in [1.29, 1.82) is 0 Å². The molecule has 0 aliphatic heterocycles. The van der Waals surface area contributed by atoms with Gasteiger partial charge in [-0.25, -0.2) is 9.59 Å². The molecule has 0 unspecified atom stereocenters. The predicted octanol–water partition coefficient (Wildman–Crippen LogP) is 6.32. The van der Waals surface area contributed by atoms with E-state index in [9.17, 15) is 9.59 Å². The van der Waals surface area contributed by atoms with Crippen LogP contribution in [0, 0.1) is 0 Å². The molecule has 0 aliphatic carbocycles. The largest absolute Gasteiger partial charge is 0.456 e. The van der Waals surface area contributed by atoms with Crippen molar-refractivity contribution in [3.8, 4) is 0 Å². The molecule has 0 N–H and O–H groups in total. The molecular weight excluding hydrogens is 420 g/mol. The minimum atomic E-state index is -0.649. The number of esters is 2. The summed E-state index contributed by atoms with van der Waals surface area (Å²) in [4.78, 5) is 24.3. The molecule has 0 aromatic heterocycles. The fraction of sp³-hybridized carbons (Fsp3) is 0.778. The minimum Gasteiger partial charge on any atom is -0.456 e. The first kappa shape index (κ1) is 31.3. The van der Waals surface area contributed by atoms with Gasteiger partial charge in [0.1, 0.15) is 11.2 Å². The zero-order chi connectivity index (χ0) is 26.1. The Morgan fingerprint density at radius 1 is 0.727 bits per heavy atom. The highest BCUT2D eigenvalue weighted by atomic mass is 16.6. The predicted molar refractivity (Wildman–Crippen MR) is 133 cm³/mol. The van der Waals surface area contributed by atoms with Crippen molar-refractivity contribution in [2.75, 3.05) is 13.2 Å². The van der Waals surface area contributed by atoms with Gasteiger partial charge in [-0.1, -0.05) is 19.6 Å². The molecule has 0 aliphatic rings. The van der Waals surface area contributed by atoms with Crippen LogP contribution >= 0.6 is 0 Å². The molecule has 0 amide bonds. The van der Waals surface area contributed by atoms with E-state index in [1.54, 1.807) is 13.8 Å². The van der Waals surface area contributed by atoms with Gasteiger partial charge in [-0.15, -0.1) is 0 Å². The second kappa shape index (κ2) is 12.7. The van der Waals surface area contributed by atoms with Crippen molar-refractivity contribution in [2.24, 2.45) is 0 Å². The summed E-state index contributed by atoms with van der Waals surface area (Å²) in [6, 6.07) is 0. The first-order chi connectivity index (χ1) is 14.8. The first-order valence-corrected chi connectivity index (χ1v) is 11.9. The van der Waals surface area contributed by atoms with Crippen LogP contribution < -0.4 is 0 Å². The van der Waals surface area contributed by atoms with E-state index in [0.717, 1.165) is 6.42 Å². The van der Waals surface area contributed by atoms with Crippen LogP contribution in [0.3, 0.4) is 0 Å².